The van der Waals surface area contributed by atoms with Crippen LogP contribution in [0.15, 0.2) is 48.6 Å². The van der Waals surface area contributed by atoms with E-state index in [0.29, 0.717) is 0 Å². The van der Waals surface area contributed by atoms with Crippen molar-refractivity contribution in [2.45, 2.75) is 387 Å². The molecule has 10 heteroatoms. The molecule has 1 radical (unpaired) electrons. The molecule has 0 saturated heterocycles. The maximum Gasteiger partial charge on any atom is 2.00 e. The molecule has 82 heavy (non-hydrogen) atoms. The first-order chi connectivity index (χ1) is 39.1. The van der Waals surface area contributed by atoms with Crippen LogP contribution < -0.4 is 20.4 Å². The van der Waals surface area contributed by atoms with Gasteiger partial charge < -0.3 is 39.6 Å². The summed E-state index contributed by atoms with van der Waals surface area (Å²) in [5.41, 5.74) is 0. The van der Waals surface area contributed by atoms with E-state index in [0.717, 1.165) is 77.0 Å². The monoisotopic (exact) mass is 1240 g/mol. The summed E-state index contributed by atoms with van der Waals surface area (Å²) in [6.45, 7) is 9.02. The van der Waals surface area contributed by atoms with Gasteiger partial charge in [0.05, 0.1) is 0 Å². The Kier molecular flexibility index (Phi) is 97.3. The van der Waals surface area contributed by atoms with E-state index in [1.807, 2.05) is 0 Å². The summed E-state index contributed by atoms with van der Waals surface area (Å²) in [4.78, 5) is 40.9. The molecule has 0 aromatic rings. The van der Waals surface area contributed by atoms with E-state index in [-0.39, 0.29) is 59.8 Å². The fourth-order valence-electron chi connectivity index (χ4n) is 9.36. The van der Waals surface area contributed by atoms with Crippen LogP contribution in [0.1, 0.15) is 387 Å². The number of hydrogen-bond acceptors (Lipinski definition) is 8. The zero-order valence-electron chi connectivity index (χ0n) is 54.1. The van der Waals surface area contributed by atoms with Crippen molar-refractivity contribution >= 4 is 23.9 Å². The molecular weight excluding hydrogens is 1110 g/mol. The second-order valence-electron chi connectivity index (χ2n) is 22.8. The van der Waals surface area contributed by atoms with Gasteiger partial charge in [-0.05, 0) is 154 Å². The van der Waals surface area contributed by atoms with Crippen LogP contribution in [0.5, 0.6) is 0 Å². The van der Waals surface area contributed by atoms with Crippen molar-refractivity contribution in [1.82, 2.24) is 0 Å². The number of allylic oxidation sites excluding steroid dienone is 8. The molecule has 0 aromatic carbocycles. The van der Waals surface area contributed by atoms with Crippen molar-refractivity contribution in [3.05, 3.63) is 48.6 Å². The second-order valence-corrected chi connectivity index (χ2v) is 22.8. The minimum Gasteiger partial charge on any atom is -0.550 e. The van der Waals surface area contributed by atoms with E-state index < -0.39 is 23.9 Å². The van der Waals surface area contributed by atoms with Crippen LogP contribution in [0.3, 0.4) is 0 Å². The smallest absolute Gasteiger partial charge is 0.550 e. The molecule has 0 N–H and O–H groups in total. The molecule has 0 rings (SSSR count). The van der Waals surface area contributed by atoms with Crippen LogP contribution in [0.2, 0.25) is 0 Å². The molecule has 0 aliphatic heterocycles. The minimum absolute atomic E-state index is 0. The predicted molar refractivity (Wildman–Crippen MR) is 338 cm³/mol. The molecule has 0 unspecified atom stereocenters. The van der Waals surface area contributed by atoms with E-state index in [1.165, 1.54) is 257 Å². The summed E-state index contributed by atoms with van der Waals surface area (Å²) < 4.78 is 0. The topological polar surface area (TPSA) is 161 Å². The van der Waals surface area contributed by atoms with Gasteiger partial charge in [0.1, 0.15) is 0 Å². The van der Waals surface area contributed by atoms with Crippen molar-refractivity contribution < 1.29 is 73.7 Å². The van der Waals surface area contributed by atoms with Crippen LogP contribution in [0.25, 0.3) is 0 Å². The van der Waals surface area contributed by atoms with E-state index >= 15 is 0 Å². The van der Waals surface area contributed by atoms with E-state index in [9.17, 15) is 39.6 Å². The molecule has 0 aromatic heterocycles. The molecule has 0 fully saturated rings. The summed E-state index contributed by atoms with van der Waals surface area (Å²) in [7, 11) is 0. The molecule has 0 bridgehead atoms. The standard InChI is InChI=1S/4C18H34O2.Cu.Fe/c4*1-2-3-4-5-6-7-8-9-10-11-12-13-14-15-16-17-18(19)20;;/h4*9-10H,2-8,11-17H2,1H3,(H,19,20);;/q;;;;2*+2/p-4/b4*10-9-;;. The fraction of sp³-hybridized carbons (Fsp3) is 0.833. The Bertz CT molecular complexity index is 1150. The Morgan fingerprint density at radius 3 is 0.439 bits per heavy atom. The number of carbonyl (C=O) groups excluding carboxylic acids is 4. The van der Waals surface area contributed by atoms with Gasteiger partial charge in [-0.2, -0.15) is 0 Å². The molecule has 0 atom stereocenters. The normalized spacial score (nSPS) is 11.0. The van der Waals surface area contributed by atoms with Crippen LogP contribution >= 0.6 is 0 Å². The van der Waals surface area contributed by atoms with Gasteiger partial charge >= 0.3 is 34.1 Å². The SMILES string of the molecule is CCCCCCCC/C=C\CCCCCCCC(=O)[O-].CCCCCCCC/C=C\CCCCCCCC(=O)[O-].CCCCCCCC/C=C\CCCCCCCC(=O)[O-].CCCCCCCC/C=C\CCCCCCCC(=O)[O-].[Cu+2].[Fe+2]. The van der Waals surface area contributed by atoms with Gasteiger partial charge in [0.25, 0.3) is 0 Å². The third-order valence-electron chi connectivity index (χ3n) is 14.6. The molecule has 487 valence electrons. The van der Waals surface area contributed by atoms with Crippen molar-refractivity contribution in [2.75, 3.05) is 0 Å². The number of rotatable bonds is 60. The van der Waals surface area contributed by atoms with Gasteiger partial charge in [-0.3, -0.25) is 0 Å². The Balaban J connectivity index is -0.000000233. The Morgan fingerprint density at radius 2 is 0.317 bits per heavy atom. The van der Waals surface area contributed by atoms with Crippen molar-refractivity contribution in [3.63, 3.8) is 0 Å². The molecule has 8 nitrogen and oxygen atoms in total. The Hall–Kier alpha value is -2.12. The maximum absolute atomic E-state index is 10.2. The summed E-state index contributed by atoms with van der Waals surface area (Å²) >= 11 is 0. The fourth-order valence-corrected chi connectivity index (χ4v) is 9.36. The zero-order chi connectivity index (χ0) is 59.6. The summed E-state index contributed by atoms with van der Waals surface area (Å²) in [6.07, 6.45) is 83.6. The molecule has 0 saturated carbocycles. The van der Waals surface area contributed by atoms with Gasteiger partial charge in [-0.15, -0.1) is 0 Å². The molecular formula is C72H132CuFeO8. The number of hydrogen-bond donors (Lipinski definition) is 0. The maximum atomic E-state index is 10.2. The first kappa shape index (κ1) is 91.1. The molecule has 0 aliphatic rings. The first-order valence-electron chi connectivity index (χ1n) is 34.5. The predicted octanol–water partition coefficient (Wildman–Crippen LogP) is 19.1. The number of carboxylic acids is 4. The van der Waals surface area contributed by atoms with Crippen LogP contribution in [0.4, 0.5) is 0 Å². The number of carboxylic acid groups (broad SMARTS) is 4. The van der Waals surface area contributed by atoms with Crippen molar-refractivity contribution in [3.8, 4) is 0 Å². The van der Waals surface area contributed by atoms with Gasteiger partial charge in [0.2, 0.25) is 0 Å². The molecule has 0 aliphatic carbocycles. The second kappa shape index (κ2) is 87.7. The van der Waals surface area contributed by atoms with Crippen molar-refractivity contribution in [1.29, 1.82) is 0 Å². The minimum atomic E-state index is -0.914. The average Bonchev–Trinajstić information content (AvgIpc) is 3.43. The summed E-state index contributed by atoms with van der Waals surface area (Å²) in [5, 5.41) is 40.9. The van der Waals surface area contributed by atoms with E-state index in [1.54, 1.807) is 0 Å². The van der Waals surface area contributed by atoms with E-state index in [2.05, 4.69) is 76.3 Å². The Labute approximate surface area is 530 Å². The first-order valence-corrected chi connectivity index (χ1v) is 34.5. The van der Waals surface area contributed by atoms with Gasteiger partial charge in [-0.1, -0.05) is 282 Å². The molecule has 0 amide bonds. The van der Waals surface area contributed by atoms with Gasteiger partial charge in [0, 0.05) is 23.9 Å². The zero-order valence-corrected chi connectivity index (χ0v) is 56.2. The number of aliphatic carboxylic acids is 4. The largest absolute Gasteiger partial charge is 2.00 e. The van der Waals surface area contributed by atoms with Crippen LogP contribution in [-0.4, -0.2) is 23.9 Å². The quantitative estimate of drug-likeness (QED) is 0.0330. The Morgan fingerprint density at radius 1 is 0.207 bits per heavy atom. The summed E-state index contributed by atoms with van der Waals surface area (Å²) in [6, 6.07) is 0. The third kappa shape index (κ3) is 106. The van der Waals surface area contributed by atoms with E-state index in [4.69, 9.17) is 0 Å². The van der Waals surface area contributed by atoms with Gasteiger partial charge in [0.15, 0.2) is 0 Å². The number of carbonyl (C=O) groups is 4. The summed E-state index contributed by atoms with van der Waals surface area (Å²) in [5.74, 6) is -3.66. The average molecular weight is 1250 g/mol. The van der Waals surface area contributed by atoms with Crippen LogP contribution in [0, 0.1) is 0 Å². The van der Waals surface area contributed by atoms with Crippen molar-refractivity contribution in [2.24, 2.45) is 0 Å². The molecule has 0 spiro atoms. The van der Waals surface area contributed by atoms with Crippen LogP contribution in [-0.2, 0) is 53.3 Å². The molecule has 0 heterocycles. The number of unbranched alkanes of at least 4 members (excludes halogenated alkanes) is 44. The van der Waals surface area contributed by atoms with Gasteiger partial charge in [-0.25, -0.2) is 0 Å². The third-order valence-corrected chi connectivity index (χ3v) is 14.6.